The van der Waals surface area contributed by atoms with Crippen LogP contribution in [0.4, 0.5) is 13.2 Å². The second-order valence-electron chi connectivity index (χ2n) is 4.78. The molecule has 2 heterocycles. The van der Waals surface area contributed by atoms with Gasteiger partial charge >= 0.3 is 12.1 Å². The van der Waals surface area contributed by atoms with E-state index in [-0.39, 0.29) is 18.9 Å². The number of aromatic nitrogens is 3. The van der Waals surface area contributed by atoms with Crippen molar-refractivity contribution in [3.63, 3.8) is 0 Å². The fraction of sp³-hybridized carbons (Fsp3) is 0.727. The van der Waals surface area contributed by atoms with Gasteiger partial charge in [-0.1, -0.05) is 0 Å². The highest BCUT2D eigenvalue weighted by Gasteiger charge is 2.39. The summed E-state index contributed by atoms with van der Waals surface area (Å²) in [6, 6.07) is -0.736. The van der Waals surface area contributed by atoms with E-state index in [9.17, 15) is 18.0 Å². The number of nitrogens with zero attached hydrogens (tertiary/aromatic N) is 4. The number of alkyl halides is 3. The zero-order chi connectivity index (χ0) is 15.6. The van der Waals surface area contributed by atoms with Gasteiger partial charge in [0.05, 0.1) is 13.7 Å². The summed E-state index contributed by atoms with van der Waals surface area (Å²) in [5, 5.41) is 6.78. The molecule has 21 heavy (non-hydrogen) atoms. The van der Waals surface area contributed by atoms with Gasteiger partial charge in [0.2, 0.25) is 5.82 Å². The second kappa shape index (κ2) is 5.98. The molecule has 1 atom stereocenters. The van der Waals surface area contributed by atoms with Crippen LogP contribution < -0.4 is 5.73 Å². The standard InChI is InChI=1S/C11H16F3N5O2/c1-21-9(20)7(15)2-3-18-4-5-19-8(6-18)16-17-10(19)11(12,13)14/h7H,2-6,15H2,1H3. The Labute approximate surface area is 118 Å². The number of esters is 1. The molecule has 0 saturated heterocycles. The summed E-state index contributed by atoms with van der Waals surface area (Å²) >= 11 is 0. The molecule has 1 unspecified atom stereocenters. The van der Waals surface area contributed by atoms with Crippen molar-refractivity contribution in [1.29, 1.82) is 0 Å². The summed E-state index contributed by atoms with van der Waals surface area (Å²) in [6.45, 7) is 1.30. The number of fused-ring (bicyclic) bond motifs is 1. The van der Waals surface area contributed by atoms with Gasteiger partial charge in [-0.25, -0.2) is 0 Å². The molecule has 1 aliphatic heterocycles. The maximum Gasteiger partial charge on any atom is 0.451 e. The van der Waals surface area contributed by atoms with Crippen LogP contribution in [-0.2, 0) is 28.8 Å². The van der Waals surface area contributed by atoms with E-state index in [0.717, 1.165) is 4.57 Å². The van der Waals surface area contributed by atoms with Crippen LogP contribution in [0.2, 0.25) is 0 Å². The molecule has 0 radical (unpaired) electrons. The van der Waals surface area contributed by atoms with Gasteiger partial charge in [-0.3, -0.25) is 9.69 Å². The maximum absolute atomic E-state index is 12.7. The number of carbonyl (C=O) groups excluding carboxylic acids is 1. The number of halogens is 3. The number of rotatable bonds is 4. The zero-order valence-electron chi connectivity index (χ0n) is 11.4. The fourth-order valence-electron chi connectivity index (χ4n) is 2.20. The van der Waals surface area contributed by atoms with Crippen LogP contribution in [0.1, 0.15) is 18.1 Å². The second-order valence-corrected chi connectivity index (χ2v) is 4.78. The lowest BCUT2D eigenvalue weighted by Crippen LogP contribution is -2.40. The molecule has 1 aromatic heterocycles. The van der Waals surface area contributed by atoms with Crippen LogP contribution >= 0.6 is 0 Å². The van der Waals surface area contributed by atoms with Crippen LogP contribution in [0.15, 0.2) is 0 Å². The Hall–Kier alpha value is -1.68. The van der Waals surface area contributed by atoms with Crippen molar-refractivity contribution in [3.05, 3.63) is 11.6 Å². The normalized spacial score (nSPS) is 17.4. The van der Waals surface area contributed by atoms with Crippen molar-refractivity contribution >= 4 is 5.97 Å². The third kappa shape index (κ3) is 3.50. The molecule has 0 spiro atoms. The lowest BCUT2D eigenvalue weighted by atomic mass is 10.2. The molecule has 2 N–H and O–H groups in total. The van der Waals surface area contributed by atoms with E-state index in [1.807, 2.05) is 4.90 Å². The van der Waals surface area contributed by atoms with Crippen LogP contribution in [0.3, 0.4) is 0 Å². The lowest BCUT2D eigenvalue weighted by molar-refractivity contribution is -0.148. The Balaban J connectivity index is 1.95. The summed E-state index contributed by atoms with van der Waals surface area (Å²) in [4.78, 5) is 13.1. The van der Waals surface area contributed by atoms with Crippen molar-refractivity contribution in [1.82, 2.24) is 19.7 Å². The van der Waals surface area contributed by atoms with Gasteiger partial charge in [-0.05, 0) is 6.42 Å². The SMILES string of the molecule is COC(=O)C(N)CCN1CCn2c(nnc2C(F)(F)F)C1. The first-order chi connectivity index (χ1) is 9.82. The first kappa shape index (κ1) is 15.7. The Kier molecular flexibility index (Phi) is 4.47. The predicted octanol–water partition coefficient (Wildman–Crippen LogP) is 0.00290. The molecule has 0 fully saturated rings. The largest absolute Gasteiger partial charge is 0.468 e. The summed E-state index contributed by atoms with van der Waals surface area (Å²) < 4.78 is 43.6. The van der Waals surface area contributed by atoms with Gasteiger partial charge in [0, 0.05) is 19.6 Å². The van der Waals surface area contributed by atoms with Gasteiger partial charge in [-0.2, -0.15) is 13.2 Å². The van der Waals surface area contributed by atoms with E-state index in [4.69, 9.17) is 5.73 Å². The number of carbonyl (C=O) groups is 1. The molecule has 0 saturated carbocycles. The van der Waals surface area contributed by atoms with Crippen molar-refractivity contribution < 1.29 is 22.7 Å². The zero-order valence-corrected chi connectivity index (χ0v) is 11.4. The average Bonchev–Trinajstić information content (AvgIpc) is 2.86. The summed E-state index contributed by atoms with van der Waals surface area (Å²) in [5.41, 5.74) is 5.62. The number of methoxy groups -OCH3 is 1. The number of hydrogen-bond donors (Lipinski definition) is 1. The highest BCUT2D eigenvalue weighted by molar-refractivity contribution is 5.75. The van der Waals surface area contributed by atoms with E-state index >= 15 is 0 Å². The molecule has 1 aliphatic rings. The minimum absolute atomic E-state index is 0.157. The molecule has 118 valence electrons. The van der Waals surface area contributed by atoms with Crippen molar-refractivity contribution in [2.24, 2.45) is 5.73 Å². The topological polar surface area (TPSA) is 86.3 Å². The van der Waals surface area contributed by atoms with Crippen LogP contribution in [-0.4, -0.2) is 51.9 Å². The van der Waals surface area contributed by atoms with Gasteiger partial charge < -0.3 is 15.0 Å². The van der Waals surface area contributed by atoms with E-state index in [2.05, 4.69) is 14.9 Å². The van der Waals surface area contributed by atoms with Crippen LogP contribution in [0.25, 0.3) is 0 Å². The quantitative estimate of drug-likeness (QED) is 0.788. The minimum Gasteiger partial charge on any atom is -0.468 e. The maximum atomic E-state index is 12.7. The predicted molar refractivity (Wildman–Crippen MR) is 64.9 cm³/mol. The van der Waals surface area contributed by atoms with E-state index in [0.29, 0.717) is 19.5 Å². The third-order valence-corrected chi connectivity index (χ3v) is 3.35. The highest BCUT2D eigenvalue weighted by atomic mass is 19.4. The molecular weight excluding hydrogens is 291 g/mol. The van der Waals surface area contributed by atoms with E-state index in [1.54, 1.807) is 0 Å². The average molecular weight is 307 g/mol. The summed E-state index contributed by atoms with van der Waals surface area (Å²) in [6.07, 6.45) is -4.13. The molecule has 10 heteroatoms. The lowest BCUT2D eigenvalue weighted by Gasteiger charge is -2.28. The molecule has 2 rings (SSSR count). The molecule has 0 aliphatic carbocycles. The Bertz CT molecular complexity index is 516. The minimum atomic E-state index is -4.50. The molecule has 0 amide bonds. The van der Waals surface area contributed by atoms with E-state index in [1.165, 1.54) is 7.11 Å². The molecule has 7 nitrogen and oxygen atoms in total. The molecular formula is C11H16F3N5O2. The Morgan fingerprint density at radius 2 is 2.14 bits per heavy atom. The molecule has 0 aromatic carbocycles. The summed E-state index contributed by atoms with van der Waals surface area (Å²) in [7, 11) is 1.25. The third-order valence-electron chi connectivity index (χ3n) is 3.35. The smallest absolute Gasteiger partial charge is 0.451 e. The van der Waals surface area contributed by atoms with Crippen LogP contribution in [0.5, 0.6) is 0 Å². The molecule has 1 aromatic rings. The first-order valence-corrected chi connectivity index (χ1v) is 6.38. The van der Waals surface area contributed by atoms with Gasteiger partial charge in [0.25, 0.3) is 0 Å². The van der Waals surface area contributed by atoms with Crippen molar-refractivity contribution in [2.75, 3.05) is 20.2 Å². The van der Waals surface area contributed by atoms with Crippen molar-refractivity contribution in [2.45, 2.75) is 31.7 Å². The molecule has 0 bridgehead atoms. The van der Waals surface area contributed by atoms with Gasteiger partial charge in [0.15, 0.2) is 0 Å². The Morgan fingerprint density at radius 1 is 1.43 bits per heavy atom. The highest BCUT2D eigenvalue weighted by Crippen LogP contribution is 2.29. The Morgan fingerprint density at radius 3 is 2.76 bits per heavy atom. The van der Waals surface area contributed by atoms with Crippen molar-refractivity contribution in [3.8, 4) is 0 Å². The summed E-state index contributed by atoms with van der Waals surface area (Å²) in [5.74, 6) is -1.21. The van der Waals surface area contributed by atoms with E-state index < -0.39 is 24.0 Å². The first-order valence-electron chi connectivity index (χ1n) is 6.38. The number of nitrogens with two attached hydrogens (primary N) is 1. The van der Waals surface area contributed by atoms with Crippen LogP contribution in [0, 0.1) is 0 Å². The number of hydrogen-bond acceptors (Lipinski definition) is 6. The monoisotopic (exact) mass is 307 g/mol. The fourth-order valence-corrected chi connectivity index (χ4v) is 2.20. The van der Waals surface area contributed by atoms with Gasteiger partial charge in [0.1, 0.15) is 11.9 Å². The number of ether oxygens (including phenoxy) is 1. The van der Waals surface area contributed by atoms with Gasteiger partial charge in [-0.15, -0.1) is 10.2 Å².